The predicted octanol–water partition coefficient (Wildman–Crippen LogP) is 2.98. The number of nitrogens with one attached hydrogen (secondary N) is 2. The van der Waals surface area contributed by atoms with E-state index in [1.807, 2.05) is 0 Å². The quantitative estimate of drug-likeness (QED) is 0.833. The van der Waals surface area contributed by atoms with Gasteiger partial charge >= 0.3 is 12.0 Å². The maximum atomic E-state index is 13.4. The van der Waals surface area contributed by atoms with E-state index in [0.717, 1.165) is 0 Å². The first-order valence-corrected chi connectivity index (χ1v) is 7.07. The number of hydrogen-bond acceptors (Lipinski definition) is 3. The van der Waals surface area contributed by atoms with Crippen molar-refractivity contribution in [2.24, 2.45) is 0 Å². The molecule has 2 N–H and O–H groups in total. The van der Waals surface area contributed by atoms with Crippen LogP contribution in [-0.2, 0) is 11.2 Å². The molecule has 0 aromatic heterocycles. The highest BCUT2D eigenvalue weighted by Gasteiger charge is 2.06. The van der Waals surface area contributed by atoms with Gasteiger partial charge in [0, 0.05) is 12.2 Å². The first-order chi connectivity index (χ1) is 11.1. The topological polar surface area (TPSA) is 67.4 Å². The summed E-state index contributed by atoms with van der Waals surface area (Å²) in [5.41, 5.74) is 1.49. The summed E-state index contributed by atoms with van der Waals surface area (Å²) in [6, 6.07) is 12.4. The van der Waals surface area contributed by atoms with E-state index >= 15 is 0 Å². The summed E-state index contributed by atoms with van der Waals surface area (Å²) in [5.74, 6) is -0.723. The van der Waals surface area contributed by atoms with Crippen LogP contribution in [0.25, 0.3) is 0 Å². The summed E-state index contributed by atoms with van der Waals surface area (Å²) in [4.78, 5) is 23.1. The van der Waals surface area contributed by atoms with Gasteiger partial charge in [-0.3, -0.25) is 0 Å². The molecule has 0 bridgehead atoms. The Labute approximate surface area is 133 Å². The van der Waals surface area contributed by atoms with E-state index in [4.69, 9.17) is 0 Å². The van der Waals surface area contributed by atoms with Crippen molar-refractivity contribution < 1.29 is 18.7 Å². The van der Waals surface area contributed by atoms with Crippen LogP contribution in [0.5, 0.6) is 0 Å². The molecule has 0 fully saturated rings. The van der Waals surface area contributed by atoms with E-state index < -0.39 is 12.0 Å². The Bertz CT molecular complexity index is 686. The smallest absolute Gasteiger partial charge is 0.337 e. The second kappa shape index (κ2) is 7.93. The third-order valence-corrected chi connectivity index (χ3v) is 3.20. The van der Waals surface area contributed by atoms with E-state index in [-0.39, 0.29) is 5.82 Å². The fourth-order valence-electron chi connectivity index (χ4n) is 1.99. The van der Waals surface area contributed by atoms with Crippen LogP contribution in [0.1, 0.15) is 15.9 Å². The number of rotatable bonds is 5. The van der Waals surface area contributed by atoms with Gasteiger partial charge in [-0.1, -0.05) is 18.2 Å². The minimum Gasteiger partial charge on any atom is -0.465 e. The fraction of sp³-hybridized carbons (Fsp3) is 0.176. The van der Waals surface area contributed by atoms with Gasteiger partial charge < -0.3 is 15.4 Å². The molecule has 5 nitrogen and oxygen atoms in total. The molecule has 0 aliphatic heterocycles. The number of hydrogen-bond donors (Lipinski definition) is 2. The van der Waals surface area contributed by atoms with Gasteiger partial charge in [-0.15, -0.1) is 0 Å². The summed E-state index contributed by atoms with van der Waals surface area (Å²) in [5, 5.41) is 5.28. The van der Waals surface area contributed by atoms with Crippen LogP contribution in [0, 0.1) is 5.82 Å². The van der Waals surface area contributed by atoms with Crippen LogP contribution < -0.4 is 10.6 Å². The molecule has 2 rings (SSSR count). The Morgan fingerprint density at radius 2 is 1.78 bits per heavy atom. The third-order valence-electron chi connectivity index (χ3n) is 3.20. The molecule has 0 atom stereocenters. The van der Waals surface area contributed by atoms with E-state index in [1.165, 1.54) is 13.2 Å². The predicted molar refractivity (Wildman–Crippen MR) is 84.9 cm³/mol. The van der Waals surface area contributed by atoms with Crippen molar-refractivity contribution in [1.82, 2.24) is 5.32 Å². The Morgan fingerprint density at radius 1 is 1.09 bits per heavy atom. The van der Waals surface area contributed by atoms with Crippen molar-refractivity contribution in [3.63, 3.8) is 0 Å². The first kappa shape index (κ1) is 16.5. The lowest BCUT2D eigenvalue weighted by atomic mass is 10.1. The van der Waals surface area contributed by atoms with Crippen LogP contribution in [0.4, 0.5) is 14.9 Å². The number of halogens is 1. The highest BCUT2D eigenvalue weighted by atomic mass is 19.1. The molecule has 2 aromatic carbocycles. The Balaban J connectivity index is 1.81. The van der Waals surface area contributed by atoms with Crippen LogP contribution in [0.3, 0.4) is 0 Å². The normalized spacial score (nSPS) is 10.0. The zero-order valence-corrected chi connectivity index (χ0v) is 12.6. The average Bonchev–Trinajstić information content (AvgIpc) is 2.56. The highest BCUT2D eigenvalue weighted by Crippen LogP contribution is 2.10. The second-order valence-electron chi connectivity index (χ2n) is 4.79. The summed E-state index contributed by atoms with van der Waals surface area (Å²) >= 11 is 0. The van der Waals surface area contributed by atoms with Crippen molar-refractivity contribution in [2.45, 2.75) is 6.42 Å². The zero-order chi connectivity index (χ0) is 16.7. The molecule has 0 radical (unpaired) electrons. The third kappa shape index (κ3) is 4.81. The maximum Gasteiger partial charge on any atom is 0.337 e. The lowest BCUT2D eigenvalue weighted by Gasteiger charge is -2.08. The van der Waals surface area contributed by atoms with Crippen molar-refractivity contribution in [1.29, 1.82) is 0 Å². The standard InChI is InChI=1S/C17H17FN2O3/c1-23-16(21)13-6-8-14(9-7-13)20-17(22)19-11-10-12-4-2-3-5-15(12)18/h2-9H,10-11H2,1H3,(H2,19,20,22). The lowest BCUT2D eigenvalue weighted by molar-refractivity contribution is 0.0600. The fourth-order valence-corrected chi connectivity index (χ4v) is 1.99. The summed E-state index contributed by atoms with van der Waals surface area (Å²) in [7, 11) is 1.30. The van der Waals surface area contributed by atoms with Gasteiger partial charge in [0.2, 0.25) is 0 Å². The van der Waals surface area contributed by atoms with Gasteiger partial charge in [-0.25, -0.2) is 14.0 Å². The molecular formula is C17H17FN2O3. The minimum atomic E-state index is -0.439. The Kier molecular flexibility index (Phi) is 5.68. The van der Waals surface area contributed by atoms with Crippen LogP contribution in [0.15, 0.2) is 48.5 Å². The largest absolute Gasteiger partial charge is 0.465 e. The van der Waals surface area contributed by atoms with E-state index in [9.17, 15) is 14.0 Å². The number of amides is 2. The molecule has 0 aliphatic carbocycles. The molecule has 2 amide bonds. The number of methoxy groups -OCH3 is 1. The maximum absolute atomic E-state index is 13.4. The van der Waals surface area contributed by atoms with E-state index in [2.05, 4.69) is 15.4 Å². The van der Waals surface area contributed by atoms with Crippen LogP contribution in [-0.4, -0.2) is 25.7 Å². The minimum absolute atomic E-state index is 0.284. The molecule has 6 heteroatoms. The van der Waals surface area contributed by atoms with Gasteiger partial charge in [-0.05, 0) is 42.3 Å². The summed E-state index contributed by atoms with van der Waals surface area (Å²) < 4.78 is 18.0. The SMILES string of the molecule is COC(=O)c1ccc(NC(=O)NCCc2ccccc2F)cc1. The van der Waals surface area contributed by atoms with Crippen molar-refractivity contribution in [3.8, 4) is 0 Å². The average molecular weight is 316 g/mol. The monoisotopic (exact) mass is 316 g/mol. The first-order valence-electron chi connectivity index (χ1n) is 7.07. The molecule has 0 saturated heterocycles. The molecule has 120 valence electrons. The van der Waals surface area contributed by atoms with E-state index in [0.29, 0.717) is 29.8 Å². The number of ether oxygens (including phenoxy) is 1. The molecule has 0 unspecified atom stereocenters. The Morgan fingerprint density at radius 3 is 2.43 bits per heavy atom. The molecule has 0 aliphatic rings. The molecule has 0 saturated carbocycles. The van der Waals surface area contributed by atoms with Crippen LogP contribution >= 0.6 is 0 Å². The van der Waals surface area contributed by atoms with Crippen molar-refractivity contribution >= 4 is 17.7 Å². The number of esters is 1. The number of benzene rings is 2. The van der Waals surface area contributed by atoms with Gasteiger partial charge in [0.05, 0.1) is 12.7 Å². The number of carbonyl (C=O) groups excluding carboxylic acids is 2. The molecule has 2 aromatic rings. The van der Waals surface area contributed by atoms with Crippen LogP contribution in [0.2, 0.25) is 0 Å². The number of anilines is 1. The van der Waals surface area contributed by atoms with Gasteiger partial charge in [0.1, 0.15) is 5.82 Å². The second-order valence-corrected chi connectivity index (χ2v) is 4.79. The zero-order valence-electron chi connectivity index (χ0n) is 12.6. The van der Waals surface area contributed by atoms with Crippen molar-refractivity contribution in [2.75, 3.05) is 19.0 Å². The van der Waals surface area contributed by atoms with Gasteiger partial charge in [0.25, 0.3) is 0 Å². The molecule has 0 spiro atoms. The highest BCUT2D eigenvalue weighted by molar-refractivity contribution is 5.92. The molecule has 0 heterocycles. The number of carbonyl (C=O) groups is 2. The summed E-state index contributed by atoms with van der Waals surface area (Å²) in [6.45, 7) is 0.313. The Hall–Kier alpha value is -2.89. The molecule has 23 heavy (non-hydrogen) atoms. The van der Waals surface area contributed by atoms with Crippen molar-refractivity contribution in [3.05, 3.63) is 65.5 Å². The molecular weight excluding hydrogens is 299 g/mol. The van der Waals surface area contributed by atoms with Gasteiger partial charge in [0.15, 0.2) is 0 Å². The summed E-state index contributed by atoms with van der Waals surface area (Å²) in [6.07, 6.45) is 0.404. The van der Waals surface area contributed by atoms with Gasteiger partial charge in [-0.2, -0.15) is 0 Å². The lowest BCUT2D eigenvalue weighted by Crippen LogP contribution is -2.30. The number of urea groups is 1. The van der Waals surface area contributed by atoms with E-state index in [1.54, 1.807) is 42.5 Å².